The van der Waals surface area contributed by atoms with Crippen molar-refractivity contribution in [3.63, 3.8) is 0 Å². The van der Waals surface area contributed by atoms with Crippen molar-refractivity contribution in [3.8, 4) is 11.6 Å². The maximum Gasteiger partial charge on any atom is 0.239 e. The van der Waals surface area contributed by atoms with E-state index in [0.717, 1.165) is 29.8 Å². The van der Waals surface area contributed by atoms with E-state index in [2.05, 4.69) is 36.6 Å². The third-order valence-corrected chi connectivity index (χ3v) is 2.71. The molecular weight excluding hydrogens is 230 g/mol. The predicted octanol–water partition coefficient (Wildman–Crippen LogP) is 1.21. The predicted molar refractivity (Wildman–Crippen MR) is 67.6 cm³/mol. The van der Waals surface area contributed by atoms with Gasteiger partial charge in [-0.25, -0.2) is 4.98 Å². The molecule has 0 atom stereocenters. The first-order chi connectivity index (χ1) is 8.79. The molecule has 7 nitrogen and oxygen atoms in total. The van der Waals surface area contributed by atoms with Gasteiger partial charge in [0.2, 0.25) is 5.95 Å². The number of aromatic amines is 1. The molecule has 0 aliphatic carbocycles. The second kappa shape index (κ2) is 4.10. The molecule has 0 saturated carbocycles. The van der Waals surface area contributed by atoms with Crippen molar-refractivity contribution >= 4 is 17.0 Å². The maximum absolute atomic E-state index is 5.53. The number of nitrogen functional groups attached to an aromatic ring is 1. The van der Waals surface area contributed by atoms with E-state index in [1.807, 2.05) is 6.07 Å². The average molecular weight is 243 g/mol. The smallest absolute Gasteiger partial charge is 0.239 e. The van der Waals surface area contributed by atoms with Gasteiger partial charge in [-0.1, -0.05) is 6.92 Å². The van der Waals surface area contributed by atoms with Crippen LogP contribution < -0.4 is 5.73 Å². The van der Waals surface area contributed by atoms with Gasteiger partial charge in [0.1, 0.15) is 5.52 Å². The minimum Gasteiger partial charge on any atom is -0.366 e. The molecule has 0 bridgehead atoms. The number of anilines is 1. The molecule has 0 fully saturated rings. The van der Waals surface area contributed by atoms with Gasteiger partial charge >= 0.3 is 0 Å². The molecule has 0 radical (unpaired) electrons. The molecule has 3 N–H and O–H groups in total. The Morgan fingerprint density at radius 1 is 1.39 bits per heavy atom. The zero-order valence-corrected chi connectivity index (χ0v) is 9.96. The van der Waals surface area contributed by atoms with Crippen LogP contribution in [0.1, 0.15) is 13.3 Å². The summed E-state index contributed by atoms with van der Waals surface area (Å²) in [7, 11) is 0. The van der Waals surface area contributed by atoms with Gasteiger partial charge in [-0.05, 0) is 12.5 Å². The first-order valence-corrected chi connectivity index (χ1v) is 5.78. The lowest BCUT2D eigenvalue weighted by Crippen LogP contribution is -2.00. The molecule has 0 amide bonds. The minimum atomic E-state index is 0.221. The van der Waals surface area contributed by atoms with Gasteiger partial charge < -0.3 is 10.3 Å². The van der Waals surface area contributed by atoms with Crippen molar-refractivity contribution in [2.45, 2.75) is 19.9 Å². The van der Waals surface area contributed by atoms with Crippen molar-refractivity contribution in [2.75, 3.05) is 5.73 Å². The van der Waals surface area contributed by atoms with E-state index in [1.165, 1.54) is 0 Å². The molecule has 3 aromatic heterocycles. The molecule has 0 saturated heterocycles. The van der Waals surface area contributed by atoms with E-state index in [-0.39, 0.29) is 5.95 Å². The van der Waals surface area contributed by atoms with Gasteiger partial charge in [0.15, 0.2) is 11.6 Å². The molecule has 0 aromatic carbocycles. The summed E-state index contributed by atoms with van der Waals surface area (Å²) in [4.78, 5) is 12.7. The number of H-pyrrole nitrogens is 1. The molecule has 3 aromatic rings. The first-order valence-electron chi connectivity index (χ1n) is 5.78. The van der Waals surface area contributed by atoms with Gasteiger partial charge in [-0.15, -0.1) is 5.10 Å². The Balaban J connectivity index is 2.24. The number of aryl methyl sites for hydroxylation is 1. The van der Waals surface area contributed by atoms with Crippen LogP contribution in [0.5, 0.6) is 0 Å². The van der Waals surface area contributed by atoms with Crippen molar-refractivity contribution in [1.82, 2.24) is 29.7 Å². The Labute approximate surface area is 103 Å². The average Bonchev–Trinajstić information content (AvgIpc) is 2.95. The van der Waals surface area contributed by atoms with Crippen LogP contribution in [0.15, 0.2) is 18.5 Å². The zero-order chi connectivity index (χ0) is 12.5. The summed E-state index contributed by atoms with van der Waals surface area (Å²) in [6.07, 6.45) is 4.50. The zero-order valence-electron chi connectivity index (χ0n) is 9.96. The number of aromatic nitrogens is 6. The molecule has 3 heterocycles. The standard InChI is InChI=1S/C11H13N7/c1-2-5-18-8-3-4-13-6-7(8)14-10(18)9-15-11(12)17-16-9/h3-4,6H,2,5H2,1H3,(H3,12,15,16,17). The number of hydrogen-bond acceptors (Lipinski definition) is 5. The lowest BCUT2D eigenvalue weighted by atomic mass is 10.4. The van der Waals surface area contributed by atoms with Crippen LogP contribution in [-0.4, -0.2) is 29.7 Å². The fourth-order valence-corrected chi connectivity index (χ4v) is 1.99. The summed E-state index contributed by atoms with van der Waals surface area (Å²) in [6, 6.07) is 1.95. The Kier molecular flexibility index (Phi) is 2.44. The van der Waals surface area contributed by atoms with Crippen LogP contribution in [0.25, 0.3) is 22.7 Å². The number of nitrogens with zero attached hydrogens (tertiary/aromatic N) is 5. The third kappa shape index (κ3) is 1.60. The SMILES string of the molecule is CCCn1c(-c2nc(N)n[nH]2)nc2cnccc21. The third-order valence-electron chi connectivity index (χ3n) is 2.71. The fraction of sp³-hybridized carbons (Fsp3) is 0.273. The van der Waals surface area contributed by atoms with Gasteiger partial charge in [0.25, 0.3) is 0 Å². The summed E-state index contributed by atoms with van der Waals surface area (Å²) in [6.45, 7) is 2.97. The van der Waals surface area contributed by atoms with Crippen molar-refractivity contribution in [1.29, 1.82) is 0 Å². The second-order valence-electron chi connectivity index (χ2n) is 3.99. The number of hydrogen-bond donors (Lipinski definition) is 2. The van der Waals surface area contributed by atoms with Crippen molar-refractivity contribution < 1.29 is 0 Å². The minimum absolute atomic E-state index is 0.221. The Morgan fingerprint density at radius 3 is 3.00 bits per heavy atom. The highest BCUT2D eigenvalue weighted by Crippen LogP contribution is 2.22. The summed E-state index contributed by atoms with van der Waals surface area (Å²) in [5.41, 5.74) is 7.41. The van der Waals surface area contributed by atoms with E-state index < -0.39 is 0 Å². The van der Waals surface area contributed by atoms with Crippen molar-refractivity contribution in [3.05, 3.63) is 18.5 Å². The molecule has 7 heteroatoms. The lowest BCUT2D eigenvalue weighted by molar-refractivity contribution is 0.700. The molecule has 0 spiro atoms. The van der Waals surface area contributed by atoms with Crippen LogP contribution in [0, 0.1) is 0 Å². The molecule has 0 aliphatic heterocycles. The van der Waals surface area contributed by atoms with E-state index in [0.29, 0.717) is 5.82 Å². The Hall–Kier alpha value is -2.44. The molecular formula is C11H13N7. The van der Waals surface area contributed by atoms with Crippen LogP contribution in [-0.2, 0) is 6.54 Å². The number of rotatable bonds is 3. The molecule has 3 rings (SSSR count). The monoisotopic (exact) mass is 243 g/mol. The molecule has 92 valence electrons. The van der Waals surface area contributed by atoms with Gasteiger partial charge in [0, 0.05) is 12.7 Å². The largest absolute Gasteiger partial charge is 0.366 e. The number of nitrogens with two attached hydrogens (primary N) is 1. The first kappa shape index (κ1) is 10.7. The highest BCUT2D eigenvalue weighted by atomic mass is 15.3. The topological polar surface area (TPSA) is 98.3 Å². The fourth-order valence-electron chi connectivity index (χ4n) is 1.99. The maximum atomic E-state index is 5.53. The Bertz CT molecular complexity index is 682. The van der Waals surface area contributed by atoms with Gasteiger partial charge in [0.05, 0.1) is 11.7 Å². The lowest BCUT2D eigenvalue weighted by Gasteiger charge is -2.04. The van der Waals surface area contributed by atoms with Crippen LogP contribution in [0.3, 0.4) is 0 Å². The summed E-state index contributed by atoms with van der Waals surface area (Å²) in [5.74, 6) is 1.54. The summed E-state index contributed by atoms with van der Waals surface area (Å²) in [5, 5.41) is 6.63. The Morgan fingerprint density at radius 2 is 2.28 bits per heavy atom. The number of nitrogens with one attached hydrogen (secondary N) is 1. The second-order valence-corrected chi connectivity index (χ2v) is 3.99. The van der Waals surface area contributed by atoms with Crippen molar-refractivity contribution in [2.24, 2.45) is 0 Å². The van der Waals surface area contributed by atoms with E-state index in [1.54, 1.807) is 12.4 Å². The van der Waals surface area contributed by atoms with E-state index in [9.17, 15) is 0 Å². The van der Waals surface area contributed by atoms with E-state index >= 15 is 0 Å². The normalized spacial score (nSPS) is 11.2. The van der Waals surface area contributed by atoms with Gasteiger partial charge in [-0.2, -0.15) is 4.98 Å². The molecule has 0 unspecified atom stereocenters. The number of pyridine rings is 1. The number of fused-ring (bicyclic) bond motifs is 1. The number of imidazole rings is 1. The molecule has 18 heavy (non-hydrogen) atoms. The van der Waals surface area contributed by atoms with Gasteiger partial charge in [-0.3, -0.25) is 10.1 Å². The van der Waals surface area contributed by atoms with E-state index in [4.69, 9.17) is 5.73 Å². The van der Waals surface area contributed by atoms with Crippen LogP contribution in [0.4, 0.5) is 5.95 Å². The highest BCUT2D eigenvalue weighted by molar-refractivity contribution is 5.78. The summed E-state index contributed by atoms with van der Waals surface area (Å²) >= 11 is 0. The van der Waals surface area contributed by atoms with Crippen LogP contribution >= 0.6 is 0 Å². The molecule has 0 aliphatic rings. The summed E-state index contributed by atoms with van der Waals surface area (Å²) < 4.78 is 2.09. The quantitative estimate of drug-likeness (QED) is 0.720. The highest BCUT2D eigenvalue weighted by Gasteiger charge is 2.14. The van der Waals surface area contributed by atoms with Crippen LogP contribution in [0.2, 0.25) is 0 Å².